The Labute approximate surface area is 104 Å². The summed E-state index contributed by atoms with van der Waals surface area (Å²) in [7, 11) is 1.51. The molecular formula is C11H12ClN3O2. The van der Waals surface area contributed by atoms with Crippen LogP contribution in [0, 0.1) is 16.2 Å². The average molecular weight is 254 g/mol. The second-order valence-corrected chi connectivity index (χ2v) is 3.77. The molecule has 0 bridgehead atoms. The van der Waals surface area contributed by atoms with E-state index in [0.29, 0.717) is 5.02 Å². The summed E-state index contributed by atoms with van der Waals surface area (Å²) in [6, 6.07) is 8.88. The van der Waals surface area contributed by atoms with Crippen molar-refractivity contribution in [3.8, 4) is 6.07 Å². The van der Waals surface area contributed by atoms with Gasteiger partial charge in [-0.3, -0.25) is 0 Å². The number of nitrogens with zero attached hydrogens (tertiary/aromatic N) is 3. The maximum atomic E-state index is 10.5. The summed E-state index contributed by atoms with van der Waals surface area (Å²) in [5.41, 5.74) is 0.759. The van der Waals surface area contributed by atoms with Gasteiger partial charge in [-0.1, -0.05) is 23.7 Å². The zero-order valence-electron chi connectivity index (χ0n) is 9.34. The third kappa shape index (κ3) is 4.02. The van der Waals surface area contributed by atoms with E-state index in [2.05, 4.69) is 5.29 Å². The molecule has 0 aliphatic rings. The van der Waals surface area contributed by atoms with Gasteiger partial charge in [0.1, 0.15) is 0 Å². The highest BCUT2D eigenvalue weighted by Crippen LogP contribution is 2.22. The first-order chi connectivity index (χ1) is 8.19. The molecule has 6 heteroatoms. The van der Waals surface area contributed by atoms with Crippen LogP contribution in [0.1, 0.15) is 18.2 Å². The van der Waals surface area contributed by atoms with Crippen molar-refractivity contribution in [2.45, 2.75) is 12.6 Å². The van der Waals surface area contributed by atoms with E-state index in [1.165, 1.54) is 7.05 Å². The Hall–Kier alpha value is -1.64. The molecule has 1 unspecified atom stereocenters. The van der Waals surface area contributed by atoms with Gasteiger partial charge in [-0.15, -0.1) is 4.91 Å². The Bertz CT molecular complexity index is 402. The molecule has 90 valence electrons. The van der Waals surface area contributed by atoms with Gasteiger partial charge in [-0.25, -0.2) is 5.01 Å². The summed E-state index contributed by atoms with van der Waals surface area (Å²) in [4.78, 5) is 10.5. The summed E-state index contributed by atoms with van der Waals surface area (Å²) in [6.45, 7) is 0.240. The Morgan fingerprint density at radius 2 is 2.18 bits per heavy atom. The molecule has 0 heterocycles. The van der Waals surface area contributed by atoms with Crippen LogP contribution in [-0.2, 0) is 4.74 Å². The predicted molar refractivity (Wildman–Crippen MR) is 63.9 cm³/mol. The van der Waals surface area contributed by atoms with Crippen molar-refractivity contribution in [2.24, 2.45) is 5.29 Å². The van der Waals surface area contributed by atoms with E-state index in [-0.39, 0.29) is 13.0 Å². The average Bonchev–Trinajstić information content (AvgIpc) is 2.35. The molecule has 1 rings (SSSR count). The molecule has 5 nitrogen and oxygen atoms in total. The fourth-order valence-electron chi connectivity index (χ4n) is 1.31. The molecule has 0 aromatic heterocycles. The van der Waals surface area contributed by atoms with Gasteiger partial charge < -0.3 is 4.74 Å². The zero-order chi connectivity index (χ0) is 12.7. The minimum Gasteiger partial charge on any atom is -0.351 e. The molecule has 0 fully saturated rings. The van der Waals surface area contributed by atoms with Gasteiger partial charge in [-0.05, 0) is 12.1 Å². The number of nitroso groups, excluding NO2 is 1. The van der Waals surface area contributed by atoms with Crippen LogP contribution in [0.15, 0.2) is 29.6 Å². The highest BCUT2D eigenvalue weighted by molar-refractivity contribution is 6.30. The molecule has 0 spiro atoms. The molecule has 0 aliphatic heterocycles. The Kier molecular flexibility index (Phi) is 5.40. The van der Waals surface area contributed by atoms with Crippen molar-refractivity contribution in [1.29, 1.82) is 5.26 Å². The molecule has 0 N–H and O–H groups in total. The Balaban J connectivity index is 2.78. The van der Waals surface area contributed by atoms with Crippen molar-refractivity contribution >= 4 is 11.6 Å². The third-order valence-corrected chi connectivity index (χ3v) is 2.36. The summed E-state index contributed by atoms with van der Waals surface area (Å²) in [5.74, 6) is 0. The maximum absolute atomic E-state index is 10.5. The van der Waals surface area contributed by atoms with Gasteiger partial charge in [0.05, 0.1) is 24.4 Å². The van der Waals surface area contributed by atoms with Crippen LogP contribution >= 0.6 is 11.6 Å². The fourth-order valence-corrected chi connectivity index (χ4v) is 1.43. The van der Waals surface area contributed by atoms with E-state index in [1.807, 2.05) is 6.07 Å². The van der Waals surface area contributed by atoms with Crippen molar-refractivity contribution < 1.29 is 4.74 Å². The van der Waals surface area contributed by atoms with Crippen molar-refractivity contribution in [1.82, 2.24) is 5.01 Å². The van der Waals surface area contributed by atoms with Gasteiger partial charge in [0.2, 0.25) is 0 Å². The molecule has 1 aromatic carbocycles. The first-order valence-corrected chi connectivity index (χ1v) is 5.37. The molecule has 0 saturated carbocycles. The normalized spacial score (nSPS) is 11.6. The summed E-state index contributed by atoms with van der Waals surface area (Å²) in [5, 5.41) is 13.0. The molecule has 0 saturated heterocycles. The van der Waals surface area contributed by atoms with E-state index in [1.54, 1.807) is 24.3 Å². The highest BCUT2D eigenvalue weighted by atomic mass is 35.5. The van der Waals surface area contributed by atoms with E-state index in [9.17, 15) is 4.91 Å². The van der Waals surface area contributed by atoms with Crippen LogP contribution in [0.3, 0.4) is 0 Å². The molecule has 0 aliphatic carbocycles. The molecule has 1 atom stereocenters. The zero-order valence-corrected chi connectivity index (χ0v) is 10.1. The largest absolute Gasteiger partial charge is 0.351 e. The first-order valence-electron chi connectivity index (χ1n) is 4.99. The van der Waals surface area contributed by atoms with Crippen LogP contribution in [0.2, 0.25) is 5.02 Å². The topological polar surface area (TPSA) is 65.7 Å². The molecule has 1 aromatic rings. The minimum absolute atomic E-state index is 0.240. The van der Waals surface area contributed by atoms with Crippen molar-refractivity contribution in [3.63, 3.8) is 0 Å². The quantitative estimate of drug-likeness (QED) is 0.338. The number of nitriles is 1. The van der Waals surface area contributed by atoms with Crippen LogP contribution < -0.4 is 0 Å². The Morgan fingerprint density at radius 1 is 1.53 bits per heavy atom. The van der Waals surface area contributed by atoms with Crippen LogP contribution in [0.5, 0.6) is 0 Å². The van der Waals surface area contributed by atoms with Gasteiger partial charge in [0.25, 0.3) is 0 Å². The standard InChI is InChI=1S/C11H12ClN3O2/c1-15(14-16)11(17-8-2-7-13)9-3-5-10(12)6-4-9/h3-6,11H,2,8H2,1H3. The Morgan fingerprint density at radius 3 is 2.71 bits per heavy atom. The van der Waals surface area contributed by atoms with Crippen LogP contribution in [-0.4, -0.2) is 18.7 Å². The number of benzene rings is 1. The second-order valence-electron chi connectivity index (χ2n) is 3.34. The molecule has 0 amide bonds. The van der Waals surface area contributed by atoms with Crippen LogP contribution in [0.25, 0.3) is 0 Å². The van der Waals surface area contributed by atoms with Gasteiger partial charge >= 0.3 is 0 Å². The van der Waals surface area contributed by atoms with E-state index in [0.717, 1.165) is 10.6 Å². The number of rotatable bonds is 6. The van der Waals surface area contributed by atoms with Gasteiger partial charge in [0.15, 0.2) is 6.23 Å². The number of hydrogen-bond donors (Lipinski definition) is 0. The third-order valence-electron chi connectivity index (χ3n) is 2.11. The molecular weight excluding hydrogens is 242 g/mol. The van der Waals surface area contributed by atoms with E-state index < -0.39 is 6.23 Å². The lowest BCUT2D eigenvalue weighted by Crippen LogP contribution is -2.22. The molecule has 17 heavy (non-hydrogen) atoms. The van der Waals surface area contributed by atoms with E-state index >= 15 is 0 Å². The van der Waals surface area contributed by atoms with Gasteiger partial charge in [0, 0.05) is 17.6 Å². The first kappa shape index (κ1) is 13.4. The number of halogens is 1. The minimum atomic E-state index is -0.599. The lowest BCUT2D eigenvalue weighted by Gasteiger charge is -2.23. The summed E-state index contributed by atoms with van der Waals surface area (Å²) >= 11 is 5.77. The predicted octanol–water partition coefficient (Wildman–Crippen LogP) is 2.88. The smallest absolute Gasteiger partial charge is 0.174 e. The maximum Gasteiger partial charge on any atom is 0.174 e. The van der Waals surface area contributed by atoms with Crippen molar-refractivity contribution in [3.05, 3.63) is 39.8 Å². The van der Waals surface area contributed by atoms with Crippen molar-refractivity contribution in [2.75, 3.05) is 13.7 Å². The summed E-state index contributed by atoms with van der Waals surface area (Å²) in [6.07, 6.45) is -0.338. The monoisotopic (exact) mass is 253 g/mol. The van der Waals surface area contributed by atoms with E-state index in [4.69, 9.17) is 21.6 Å². The summed E-state index contributed by atoms with van der Waals surface area (Å²) < 4.78 is 5.43. The highest BCUT2D eigenvalue weighted by Gasteiger charge is 2.17. The van der Waals surface area contributed by atoms with Crippen LogP contribution in [0.4, 0.5) is 0 Å². The molecule has 0 radical (unpaired) electrons. The lowest BCUT2D eigenvalue weighted by atomic mass is 10.2. The number of hydrogen-bond acceptors (Lipinski definition) is 4. The lowest BCUT2D eigenvalue weighted by molar-refractivity contribution is -0.0483. The fraction of sp³-hybridized carbons (Fsp3) is 0.364. The SMILES string of the molecule is CN(N=O)C(OCCC#N)c1ccc(Cl)cc1. The second kappa shape index (κ2) is 6.84. The number of ether oxygens (including phenoxy) is 1. The van der Waals surface area contributed by atoms with Gasteiger partial charge in [-0.2, -0.15) is 5.26 Å².